The first-order valence-electron chi connectivity index (χ1n) is 8.88. The molecule has 0 spiro atoms. The SMILES string of the molecule is Cc1cc(C(=O)N2CCN(Cc3ccc(-c4cccc(F)c4)s3)CC2)on1. The third-order valence-corrected chi connectivity index (χ3v) is 5.77. The van der Waals surface area contributed by atoms with Gasteiger partial charge in [-0.3, -0.25) is 9.69 Å². The van der Waals surface area contributed by atoms with Crippen LogP contribution < -0.4 is 0 Å². The van der Waals surface area contributed by atoms with Crippen molar-refractivity contribution in [3.05, 3.63) is 64.6 Å². The number of thiophene rings is 1. The van der Waals surface area contributed by atoms with Gasteiger partial charge in [0.2, 0.25) is 5.76 Å². The first kappa shape index (κ1) is 17.9. The van der Waals surface area contributed by atoms with Gasteiger partial charge in [0.25, 0.3) is 5.91 Å². The number of carbonyl (C=O) groups excluding carboxylic acids is 1. The Hall–Kier alpha value is -2.51. The second kappa shape index (κ2) is 7.62. The summed E-state index contributed by atoms with van der Waals surface area (Å²) in [7, 11) is 0. The number of aryl methyl sites for hydroxylation is 1. The van der Waals surface area contributed by atoms with Crippen molar-refractivity contribution in [3.8, 4) is 10.4 Å². The Morgan fingerprint density at radius 1 is 1.19 bits per heavy atom. The summed E-state index contributed by atoms with van der Waals surface area (Å²) in [5.74, 6) is -0.0103. The molecule has 140 valence electrons. The molecular weight excluding hydrogens is 365 g/mol. The minimum atomic E-state index is -0.217. The van der Waals surface area contributed by atoms with Crippen molar-refractivity contribution in [2.45, 2.75) is 13.5 Å². The highest BCUT2D eigenvalue weighted by Gasteiger charge is 2.24. The number of hydrogen-bond acceptors (Lipinski definition) is 5. The molecule has 1 aliphatic heterocycles. The Kier molecular flexibility index (Phi) is 5.05. The quantitative estimate of drug-likeness (QED) is 0.685. The lowest BCUT2D eigenvalue weighted by molar-refractivity contribution is 0.0590. The molecule has 27 heavy (non-hydrogen) atoms. The maximum atomic E-state index is 13.4. The van der Waals surface area contributed by atoms with Gasteiger partial charge in [-0.25, -0.2) is 4.39 Å². The zero-order valence-electron chi connectivity index (χ0n) is 15.0. The fraction of sp³-hybridized carbons (Fsp3) is 0.300. The molecular formula is C20H20FN3O2S. The molecule has 1 aliphatic rings. The van der Waals surface area contributed by atoms with Gasteiger partial charge >= 0.3 is 0 Å². The van der Waals surface area contributed by atoms with Crippen molar-refractivity contribution in [1.29, 1.82) is 0 Å². The van der Waals surface area contributed by atoms with Crippen LogP contribution in [0.4, 0.5) is 4.39 Å². The summed E-state index contributed by atoms with van der Waals surface area (Å²) < 4.78 is 18.5. The van der Waals surface area contributed by atoms with Crippen LogP contribution in [0.1, 0.15) is 21.1 Å². The van der Waals surface area contributed by atoms with E-state index in [-0.39, 0.29) is 11.7 Å². The number of aromatic nitrogens is 1. The van der Waals surface area contributed by atoms with E-state index in [9.17, 15) is 9.18 Å². The zero-order valence-corrected chi connectivity index (χ0v) is 15.8. The Labute approximate surface area is 161 Å². The fourth-order valence-electron chi connectivity index (χ4n) is 3.21. The lowest BCUT2D eigenvalue weighted by atomic mass is 10.2. The van der Waals surface area contributed by atoms with Crippen molar-refractivity contribution < 1.29 is 13.7 Å². The summed E-state index contributed by atoms with van der Waals surface area (Å²) in [4.78, 5) is 18.9. The molecule has 1 fully saturated rings. The standard InChI is InChI=1S/C20H20FN3O2S/c1-14-11-18(26-22-14)20(25)24-9-7-23(8-10-24)13-17-5-6-19(27-17)15-3-2-4-16(21)12-15/h2-6,11-12H,7-10,13H2,1H3. The fourth-order valence-corrected chi connectivity index (χ4v) is 4.26. The van der Waals surface area contributed by atoms with Gasteiger partial charge in [-0.2, -0.15) is 0 Å². The summed E-state index contributed by atoms with van der Waals surface area (Å²) in [6.45, 7) is 5.60. The summed E-state index contributed by atoms with van der Waals surface area (Å²) >= 11 is 1.68. The molecule has 3 heterocycles. The summed E-state index contributed by atoms with van der Waals surface area (Å²) in [5.41, 5.74) is 1.62. The highest BCUT2D eigenvalue weighted by atomic mass is 32.1. The van der Waals surface area contributed by atoms with Crippen molar-refractivity contribution in [2.24, 2.45) is 0 Å². The van der Waals surface area contributed by atoms with E-state index >= 15 is 0 Å². The Morgan fingerprint density at radius 2 is 2.00 bits per heavy atom. The van der Waals surface area contributed by atoms with Crippen molar-refractivity contribution in [2.75, 3.05) is 26.2 Å². The van der Waals surface area contributed by atoms with Gasteiger partial charge in [0.05, 0.1) is 5.69 Å². The molecule has 2 aromatic heterocycles. The van der Waals surface area contributed by atoms with Crippen LogP contribution in [0.25, 0.3) is 10.4 Å². The minimum absolute atomic E-state index is 0.0974. The number of rotatable bonds is 4. The molecule has 3 aromatic rings. The average molecular weight is 385 g/mol. The monoisotopic (exact) mass is 385 g/mol. The van der Waals surface area contributed by atoms with Crippen molar-refractivity contribution in [1.82, 2.24) is 15.0 Å². The van der Waals surface area contributed by atoms with E-state index in [1.807, 2.05) is 17.0 Å². The van der Waals surface area contributed by atoms with Crippen LogP contribution in [0.5, 0.6) is 0 Å². The third-order valence-electron chi connectivity index (χ3n) is 4.65. The number of piperazine rings is 1. The molecule has 0 atom stereocenters. The van der Waals surface area contributed by atoms with Gasteiger partial charge in [0.1, 0.15) is 5.82 Å². The lowest BCUT2D eigenvalue weighted by Gasteiger charge is -2.33. The van der Waals surface area contributed by atoms with E-state index < -0.39 is 0 Å². The Morgan fingerprint density at radius 3 is 2.70 bits per heavy atom. The van der Waals surface area contributed by atoms with Crippen molar-refractivity contribution in [3.63, 3.8) is 0 Å². The molecule has 4 rings (SSSR count). The molecule has 0 unspecified atom stereocenters. The summed E-state index contributed by atoms with van der Waals surface area (Å²) in [6, 6.07) is 12.5. The number of amides is 1. The number of carbonyl (C=O) groups is 1. The molecule has 0 radical (unpaired) electrons. The van der Waals surface area contributed by atoms with Gasteiger partial charge in [-0.15, -0.1) is 11.3 Å². The van der Waals surface area contributed by atoms with Gasteiger partial charge in [0, 0.05) is 48.5 Å². The molecule has 1 saturated heterocycles. The highest BCUT2D eigenvalue weighted by molar-refractivity contribution is 7.15. The number of hydrogen-bond donors (Lipinski definition) is 0. The molecule has 0 bridgehead atoms. The van der Waals surface area contributed by atoms with Crippen LogP contribution in [0, 0.1) is 12.7 Å². The maximum absolute atomic E-state index is 13.4. The largest absolute Gasteiger partial charge is 0.351 e. The molecule has 7 heteroatoms. The molecule has 5 nitrogen and oxygen atoms in total. The average Bonchev–Trinajstić information content (AvgIpc) is 3.31. The number of benzene rings is 1. The van der Waals surface area contributed by atoms with Crippen LogP contribution in [0.15, 0.2) is 47.0 Å². The maximum Gasteiger partial charge on any atom is 0.292 e. The van der Waals surface area contributed by atoms with Crippen LogP contribution >= 0.6 is 11.3 Å². The smallest absolute Gasteiger partial charge is 0.292 e. The van der Waals surface area contributed by atoms with Crippen LogP contribution in [0.3, 0.4) is 0 Å². The number of halogens is 1. The summed E-state index contributed by atoms with van der Waals surface area (Å²) in [6.07, 6.45) is 0. The molecule has 1 amide bonds. The van der Waals surface area contributed by atoms with Gasteiger partial charge < -0.3 is 9.42 Å². The second-order valence-corrected chi connectivity index (χ2v) is 7.85. The predicted octanol–water partition coefficient (Wildman–Crippen LogP) is 3.81. The molecule has 1 aromatic carbocycles. The van der Waals surface area contributed by atoms with E-state index in [0.717, 1.165) is 30.1 Å². The first-order chi connectivity index (χ1) is 13.1. The van der Waals surface area contributed by atoms with Crippen molar-refractivity contribution >= 4 is 17.2 Å². The van der Waals surface area contributed by atoms with E-state index in [0.29, 0.717) is 24.5 Å². The first-order valence-corrected chi connectivity index (χ1v) is 9.70. The van der Waals surface area contributed by atoms with Gasteiger partial charge in [-0.1, -0.05) is 17.3 Å². The van der Waals surface area contributed by atoms with Gasteiger partial charge in [0.15, 0.2) is 0 Å². The predicted molar refractivity (Wildman–Crippen MR) is 102 cm³/mol. The topological polar surface area (TPSA) is 49.6 Å². The number of nitrogens with zero attached hydrogens (tertiary/aromatic N) is 3. The molecule has 0 N–H and O–H groups in total. The van der Waals surface area contributed by atoms with E-state index in [1.165, 1.54) is 10.9 Å². The molecule has 0 saturated carbocycles. The second-order valence-electron chi connectivity index (χ2n) is 6.68. The summed E-state index contributed by atoms with van der Waals surface area (Å²) in [5, 5.41) is 3.78. The molecule has 0 aliphatic carbocycles. The zero-order chi connectivity index (χ0) is 18.8. The van der Waals surface area contributed by atoms with Gasteiger partial charge in [-0.05, 0) is 36.8 Å². The normalized spacial score (nSPS) is 15.3. The van der Waals surface area contributed by atoms with Crippen LogP contribution in [-0.2, 0) is 6.54 Å². The third kappa shape index (κ3) is 4.09. The van der Waals surface area contributed by atoms with E-state index in [4.69, 9.17) is 4.52 Å². The highest BCUT2D eigenvalue weighted by Crippen LogP contribution is 2.29. The van der Waals surface area contributed by atoms with Crippen LogP contribution in [0.2, 0.25) is 0 Å². The Balaban J connectivity index is 1.34. The van der Waals surface area contributed by atoms with E-state index in [1.54, 1.807) is 36.5 Å². The lowest BCUT2D eigenvalue weighted by Crippen LogP contribution is -2.48. The Bertz CT molecular complexity index is 944. The van der Waals surface area contributed by atoms with E-state index in [2.05, 4.69) is 16.1 Å². The van der Waals surface area contributed by atoms with Crippen LogP contribution in [-0.4, -0.2) is 47.0 Å². The minimum Gasteiger partial charge on any atom is -0.351 e.